The number of halogens is 1. The van der Waals surface area contributed by atoms with Gasteiger partial charge < -0.3 is 10.1 Å². The van der Waals surface area contributed by atoms with Gasteiger partial charge in [-0.15, -0.1) is 0 Å². The summed E-state index contributed by atoms with van der Waals surface area (Å²) in [4.78, 5) is 12.6. The van der Waals surface area contributed by atoms with Crippen LogP contribution in [0, 0.1) is 0 Å². The van der Waals surface area contributed by atoms with Crippen LogP contribution in [0.1, 0.15) is 24.2 Å². The maximum Gasteiger partial charge on any atom is 0.255 e. The summed E-state index contributed by atoms with van der Waals surface area (Å²) in [7, 11) is 0. The van der Waals surface area contributed by atoms with E-state index in [4.69, 9.17) is 16.3 Å². The molecule has 3 rings (SSSR count). The van der Waals surface area contributed by atoms with E-state index in [1.54, 1.807) is 30.3 Å². The van der Waals surface area contributed by atoms with Crippen molar-refractivity contribution in [2.75, 3.05) is 0 Å². The van der Waals surface area contributed by atoms with Gasteiger partial charge in [-0.1, -0.05) is 41.9 Å². The molecule has 0 heterocycles. The van der Waals surface area contributed by atoms with Crippen LogP contribution in [0.4, 0.5) is 0 Å². The molecule has 0 aliphatic rings. The zero-order valence-electron chi connectivity index (χ0n) is 13.5. The Kier molecular flexibility index (Phi) is 4.72. The minimum absolute atomic E-state index is 0.0485. The minimum Gasteiger partial charge on any atom is -0.456 e. The summed E-state index contributed by atoms with van der Waals surface area (Å²) in [5.74, 6) is 1.03. The highest BCUT2D eigenvalue weighted by Crippen LogP contribution is 2.34. The lowest BCUT2D eigenvalue weighted by Crippen LogP contribution is -2.30. The SMILES string of the molecule is CC(C)NC(=O)c1ccc2ccccc2c1Oc1ccc(Cl)cc1. The summed E-state index contributed by atoms with van der Waals surface area (Å²) in [5.41, 5.74) is 0.511. The number of hydrogen-bond acceptors (Lipinski definition) is 2. The first-order chi connectivity index (χ1) is 11.5. The molecule has 0 fully saturated rings. The molecule has 0 aliphatic heterocycles. The Morgan fingerprint density at radius 3 is 2.42 bits per heavy atom. The molecule has 0 bridgehead atoms. The number of benzene rings is 3. The van der Waals surface area contributed by atoms with Crippen molar-refractivity contribution in [3.8, 4) is 11.5 Å². The van der Waals surface area contributed by atoms with Gasteiger partial charge in [0.05, 0.1) is 5.56 Å². The van der Waals surface area contributed by atoms with Crippen LogP contribution in [-0.4, -0.2) is 11.9 Å². The Balaban J connectivity index is 2.10. The predicted molar refractivity (Wildman–Crippen MR) is 98.1 cm³/mol. The van der Waals surface area contributed by atoms with Crippen LogP contribution < -0.4 is 10.1 Å². The lowest BCUT2D eigenvalue weighted by molar-refractivity contribution is 0.0941. The molecule has 0 aromatic heterocycles. The van der Waals surface area contributed by atoms with E-state index in [-0.39, 0.29) is 11.9 Å². The van der Waals surface area contributed by atoms with E-state index in [1.165, 1.54) is 0 Å². The molecule has 4 heteroatoms. The van der Waals surface area contributed by atoms with Crippen molar-refractivity contribution in [1.29, 1.82) is 0 Å². The van der Waals surface area contributed by atoms with E-state index in [0.29, 0.717) is 22.1 Å². The van der Waals surface area contributed by atoms with Crippen molar-refractivity contribution in [3.63, 3.8) is 0 Å². The molecule has 3 aromatic carbocycles. The van der Waals surface area contributed by atoms with Crippen molar-refractivity contribution in [3.05, 3.63) is 71.2 Å². The molecule has 0 atom stereocenters. The second kappa shape index (κ2) is 6.93. The zero-order chi connectivity index (χ0) is 17.1. The van der Waals surface area contributed by atoms with Gasteiger partial charge in [-0.05, 0) is 49.6 Å². The summed E-state index contributed by atoms with van der Waals surface area (Å²) in [6.07, 6.45) is 0. The lowest BCUT2D eigenvalue weighted by Gasteiger charge is -2.15. The number of fused-ring (bicyclic) bond motifs is 1. The normalized spacial score (nSPS) is 10.8. The molecule has 0 unspecified atom stereocenters. The van der Waals surface area contributed by atoms with Gasteiger partial charge in [0.1, 0.15) is 11.5 Å². The van der Waals surface area contributed by atoms with Crippen LogP contribution in [0.5, 0.6) is 11.5 Å². The van der Waals surface area contributed by atoms with Crippen LogP contribution in [0.15, 0.2) is 60.7 Å². The molecule has 0 spiro atoms. The fourth-order valence-electron chi connectivity index (χ4n) is 2.49. The molecule has 24 heavy (non-hydrogen) atoms. The van der Waals surface area contributed by atoms with E-state index in [2.05, 4.69) is 5.32 Å². The fraction of sp³-hybridized carbons (Fsp3) is 0.150. The Morgan fingerprint density at radius 2 is 1.71 bits per heavy atom. The molecule has 3 aromatic rings. The average molecular weight is 340 g/mol. The molecular formula is C20H18ClNO2. The van der Waals surface area contributed by atoms with Crippen LogP contribution in [0.2, 0.25) is 5.02 Å². The van der Waals surface area contributed by atoms with E-state index in [0.717, 1.165) is 10.8 Å². The molecule has 0 radical (unpaired) electrons. The van der Waals surface area contributed by atoms with Gasteiger partial charge in [0.15, 0.2) is 0 Å². The predicted octanol–water partition coefficient (Wildman–Crippen LogP) is 5.42. The lowest BCUT2D eigenvalue weighted by atomic mass is 10.0. The van der Waals surface area contributed by atoms with Crippen LogP contribution in [-0.2, 0) is 0 Å². The topological polar surface area (TPSA) is 38.3 Å². The molecular weight excluding hydrogens is 322 g/mol. The smallest absolute Gasteiger partial charge is 0.255 e. The molecule has 3 nitrogen and oxygen atoms in total. The first-order valence-electron chi connectivity index (χ1n) is 7.80. The van der Waals surface area contributed by atoms with Gasteiger partial charge in [-0.25, -0.2) is 0 Å². The highest BCUT2D eigenvalue weighted by atomic mass is 35.5. The molecule has 0 saturated heterocycles. The standard InChI is InChI=1S/C20H18ClNO2/c1-13(2)22-20(23)18-12-7-14-5-3-4-6-17(14)19(18)24-16-10-8-15(21)9-11-16/h3-13H,1-2H3,(H,22,23). The number of rotatable bonds is 4. The molecule has 0 saturated carbocycles. The van der Waals surface area contributed by atoms with Crippen LogP contribution in [0.3, 0.4) is 0 Å². The monoisotopic (exact) mass is 339 g/mol. The maximum atomic E-state index is 12.6. The van der Waals surface area contributed by atoms with E-state index >= 15 is 0 Å². The Morgan fingerprint density at radius 1 is 1.00 bits per heavy atom. The summed E-state index contributed by atoms with van der Waals surface area (Å²) >= 11 is 5.93. The molecule has 1 amide bonds. The highest BCUT2D eigenvalue weighted by Gasteiger charge is 2.17. The minimum atomic E-state index is -0.153. The largest absolute Gasteiger partial charge is 0.456 e. The van der Waals surface area contributed by atoms with E-state index in [9.17, 15) is 4.79 Å². The maximum absolute atomic E-state index is 12.6. The summed E-state index contributed by atoms with van der Waals surface area (Å²) in [5, 5.41) is 5.46. The first kappa shape index (κ1) is 16.3. The van der Waals surface area contributed by atoms with Gasteiger partial charge in [0, 0.05) is 16.5 Å². The van der Waals surface area contributed by atoms with Crippen molar-refractivity contribution in [2.45, 2.75) is 19.9 Å². The Hall–Kier alpha value is -2.52. The third-order valence-corrected chi connectivity index (χ3v) is 3.83. The van der Waals surface area contributed by atoms with Crippen molar-refractivity contribution >= 4 is 28.3 Å². The molecule has 1 N–H and O–H groups in total. The van der Waals surface area contributed by atoms with Gasteiger partial charge in [0.25, 0.3) is 5.91 Å². The number of hydrogen-bond donors (Lipinski definition) is 1. The number of ether oxygens (including phenoxy) is 1. The van der Waals surface area contributed by atoms with Crippen molar-refractivity contribution in [1.82, 2.24) is 5.32 Å². The molecule has 122 valence electrons. The highest BCUT2D eigenvalue weighted by molar-refractivity contribution is 6.30. The summed E-state index contributed by atoms with van der Waals surface area (Å²) < 4.78 is 6.06. The zero-order valence-corrected chi connectivity index (χ0v) is 14.3. The van der Waals surface area contributed by atoms with Gasteiger partial charge in [-0.3, -0.25) is 4.79 Å². The van der Waals surface area contributed by atoms with Crippen molar-refractivity contribution < 1.29 is 9.53 Å². The summed E-state index contributed by atoms with van der Waals surface area (Å²) in [6.45, 7) is 3.86. The van der Waals surface area contributed by atoms with Crippen LogP contribution in [0.25, 0.3) is 10.8 Å². The van der Waals surface area contributed by atoms with Crippen LogP contribution >= 0.6 is 11.6 Å². The van der Waals surface area contributed by atoms with Crippen molar-refractivity contribution in [2.24, 2.45) is 0 Å². The van der Waals surface area contributed by atoms with E-state index < -0.39 is 0 Å². The Labute approximate surface area is 146 Å². The van der Waals surface area contributed by atoms with Gasteiger partial charge in [0.2, 0.25) is 0 Å². The summed E-state index contributed by atoms with van der Waals surface area (Å²) in [6, 6.07) is 18.7. The number of amides is 1. The average Bonchev–Trinajstić information content (AvgIpc) is 2.56. The number of carbonyl (C=O) groups excluding carboxylic acids is 1. The second-order valence-corrected chi connectivity index (χ2v) is 6.28. The first-order valence-corrected chi connectivity index (χ1v) is 8.18. The third kappa shape index (κ3) is 3.52. The van der Waals surface area contributed by atoms with Gasteiger partial charge >= 0.3 is 0 Å². The molecule has 0 aliphatic carbocycles. The third-order valence-electron chi connectivity index (χ3n) is 3.58. The number of carbonyl (C=O) groups is 1. The quantitative estimate of drug-likeness (QED) is 0.688. The second-order valence-electron chi connectivity index (χ2n) is 5.85. The van der Waals surface area contributed by atoms with E-state index in [1.807, 2.05) is 44.2 Å². The fourth-order valence-corrected chi connectivity index (χ4v) is 2.62. The van der Waals surface area contributed by atoms with Gasteiger partial charge in [-0.2, -0.15) is 0 Å². The Bertz CT molecular complexity index is 872. The number of nitrogens with one attached hydrogen (secondary N) is 1.